The molecule has 1 unspecified atom stereocenters. The summed E-state index contributed by atoms with van der Waals surface area (Å²) in [5, 5.41) is 2.98. The Morgan fingerprint density at radius 2 is 1.76 bits per heavy atom. The van der Waals surface area contributed by atoms with Crippen molar-refractivity contribution in [3.63, 3.8) is 0 Å². The molecule has 1 heterocycles. The second-order valence-electron chi connectivity index (χ2n) is 6.62. The molecule has 5 nitrogen and oxygen atoms in total. The first-order valence-corrected chi connectivity index (χ1v) is 8.26. The van der Waals surface area contributed by atoms with Gasteiger partial charge in [0.1, 0.15) is 4.33 Å². The van der Waals surface area contributed by atoms with Crippen molar-refractivity contribution in [1.29, 1.82) is 0 Å². The number of carbonyl (C=O) groups excluding carboxylic acids is 2. The molecule has 0 bridgehead atoms. The molecule has 21 heavy (non-hydrogen) atoms. The highest BCUT2D eigenvalue weighted by Crippen LogP contribution is 2.64. The Balaban J connectivity index is 1.44. The van der Waals surface area contributed by atoms with Gasteiger partial charge in [-0.25, -0.2) is 0 Å². The van der Waals surface area contributed by atoms with Crippen LogP contribution in [0.15, 0.2) is 0 Å². The van der Waals surface area contributed by atoms with E-state index in [9.17, 15) is 9.59 Å². The van der Waals surface area contributed by atoms with E-state index in [1.54, 1.807) is 0 Å². The number of amides is 2. The summed E-state index contributed by atoms with van der Waals surface area (Å²) in [5.74, 6) is 0.126. The third-order valence-electron chi connectivity index (χ3n) is 4.70. The molecule has 1 aliphatic heterocycles. The molecule has 1 N–H and O–H groups in total. The molecule has 3 aliphatic rings. The van der Waals surface area contributed by atoms with Crippen LogP contribution in [0.3, 0.4) is 0 Å². The SMILES string of the molecule is CC1(C(=O)N2CCN(CC(=O)NC3CC3)CC2)CC1(Cl)Cl. The van der Waals surface area contributed by atoms with Crippen LogP contribution in [0.4, 0.5) is 0 Å². The van der Waals surface area contributed by atoms with Crippen molar-refractivity contribution in [2.45, 2.75) is 36.6 Å². The van der Waals surface area contributed by atoms with Gasteiger partial charge in [0, 0.05) is 32.2 Å². The van der Waals surface area contributed by atoms with Crippen LogP contribution < -0.4 is 5.32 Å². The minimum Gasteiger partial charge on any atom is -0.352 e. The maximum absolute atomic E-state index is 12.4. The average Bonchev–Trinajstić information content (AvgIpc) is 3.30. The van der Waals surface area contributed by atoms with Gasteiger partial charge in [-0.1, -0.05) is 0 Å². The molecule has 0 aromatic carbocycles. The Labute approximate surface area is 134 Å². The molecule has 0 spiro atoms. The normalized spacial score (nSPS) is 31.9. The zero-order valence-electron chi connectivity index (χ0n) is 12.2. The fourth-order valence-corrected chi connectivity index (χ4v) is 3.49. The predicted molar refractivity (Wildman–Crippen MR) is 81.3 cm³/mol. The Morgan fingerprint density at radius 1 is 1.19 bits per heavy atom. The van der Waals surface area contributed by atoms with E-state index < -0.39 is 9.75 Å². The first kappa shape index (κ1) is 15.4. The summed E-state index contributed by atoms with van der Waals surface area (Å²) in [7, 11) is 0. The highest BCUT2D eigenvalue weighted by atomic mass is 35.5. The number of piperazine rings is 1. The van der Waals surface area contributed by atoms with Crippen LogP contribution in [-0.4, -0.2) is 64.7 Å². The number of nitrogens with zero attached hydrogens (tertiary/aromatic N) is 2. The van der Waals surface area contributed by atoms with E-state index in [1.807, 2.05) is 11.8 Å². The molecule has 2 saturated carbocycles. The second kappa shape index (κ2) is 5.28. The van der Waals surface area contributed by atoms with Gasteiger partial charge in [0.25, 0.3) is 0 Å². The third-order valence-corrected chi connectivity index (χ3v) is 5.80. The van der Waals surface area contributed by atoms with Gasteiger partial charge in [-0.05, 0) is 26.2 Å². The summed E-state index contributed by atoms with van der Waals surface area (Å²) >= 11 is 12.1. The summed E-state index contributed by atoms with van der Waals surface area (Å²) in [4.78, 5) is 28.1. The van der Waals surface area contributed by atoms with Crippen LogP contribution in [0, 0.1) is 5.41 Å². The second-order valence-corrected chi connectivity index (χ2v) is 8.11. The average molecular weight is 334 g/mol. The summed E-state index contributed by atoms with van der Waals surface area (Å²) in [5.41, 5.74) is -0.637. The van der Waals surface area contributed by atoms with Crippen LogP contribution in [0.1, 0.15) is 26.2 Å². The van der Waals surface area contributed by atoms with Gasteiger partial charge in [0.2, 0.25) is 11.8 Å². The number of hydrogen-bond acceptors (Lipinski definition) is 3. The Morgan fingerprint density at radius 3 is 2.24 bits per heavy atom. The quantitative estimate of drug-likeness (QED) is 0.781. The molecule has 0 aromatic heterocycles. The predicted octanol–water partition coefficient (Wildman–Crippen LogP) is 0.993. The first-order chi connectivity index (χ1) is 9.82. The highest BCUT2D eigenvalue weighted by molar-refractivity contribution is 6.53. The first-order valence-electron chi connectivity index (χ1n) is 7.51. The fraction of sp³-hybridized carbons (Fsp3) is 0.857. The molecule has 118 valence electrons. The summed E-state index contributed by atoms with van der Waals surface area (Å²) in [6, 6.07) is 0.399. The molecule has 2 aliphatic carbocycles. The maximum atomic E-state index is 12.4. The van der Waals surface area contributed by atoms with Crippen LogP contribution in [0.5, 0.6) is 0 Å². The molecule has 2 amide bonds. The van der Waals surface area contributed by atoms with Gasteiger partial charge < -0.3 is 10.2 Å². The summed E-state index contributed by atoms with van der Waals surface area (Å²) in [6.45, 7) is 4.95. The summed E-state index contributed by atoms with van der Waals surface area (Å²) in [6.07, 6.45) is 2.72. The topological polar surface area (TPSA) is 52.7 Å². The van der Waals surface area contributed by atoms with Crippen molar-refractivity contribution in [3.8, 4) is 0 Å². The van der Waals surface area contributed by atoms with E-state index in [0.29, 0.717) is 32.1 Å². The van der Waals surface area contributed by atoms with Crippen molar-refractivity contribution in [1.82, 2.24) is 15.1 Å². The number of halogens is 2. The summed E-state index contributed by atoms with van der Waals surface area (Å²) < 4.78 is -0.911. The number of hydrogen-bond donors (Lipinski definition) is 1. The van der Waals surface area contributed by atoms with Crippen molar-refractivity contribution in [2.24, 2.45) is 5.41 Å². The lowest BCUT2D eigenvalue weighted by molar-refractivity contribution is -0.138. The van der Waals surface area contributed by atoms with Gasteiger partial charge >= 0.3 is 0 Å². The van der Waals surface area contributed by atoms with Gasteiger partial charge in [0.05, 0.1) is 12.0 Å². The van der Waals surface area contributed by atoms with Crippen LogP contribution in [0.25, 0.3) is 0 Å². The van der Waals surface area contributed by atoms with E-state index >= 15 is 0 Å². The van der Waals surface area contributed by atoms with Crippen LogP contribution >= 0.6 is 23.2 Å². The highest BCUT2D eigenvalue weighted by Gasteiger charge is 2.68. The standard InChI is InChI=1S/C14H21Cl2N3O2/c1-13(9-14(13,15)16)12(21)19-6-4-18(5-7-19)8-11(20)17-10-2-3-10/h10H,2-9H2,1H3,(H,17,20). The monoisotopic (exact) mass is 333 g/mol. The van der Waals surface area contributed by atoms with E-state index in [1.165, 1.54) is 0 Å². The smallest absolute Gasteiger partial charge is 0.234 e. The molecule has 0 radical (unpaired) electrons. The van der Waals surface area contributed by atoms with Crippen molar-refractivity contribution in [3.05, 3.63) is 0 Å². The van der Waals surface area contributed by atoms with Gasteiger partial charge in [-0.15, -0.1) is 23.2 Å². The maximum Gasteiger partial charge on any atom is 0.234 e. The zero-order chi connectivity index (χ0) is 15.3. The minimum atomic E-state index is -0.911. The molecule has 3 fully saturated rings. The molecular weight excluding hydrogens is 313 g/mol. The van der Waals surface area contributed by atoms with Crippen LogP contribution in [0.2, 0.25) is 0 Å². The Hall–Kier alpha value is -0.520. The number of rotatable bonds is 4. The van der Waals surface area contributed by atoms with Gasteiger partial charge in [-0.3, -0.25) is 14.5 Å². The molecule has 1 atom stereocenters. The third kappa shape index (κ3) is 3.15. The van der Waals surface area contributed by atoms with Crippen molar-refractivity contribution >= 4 is 35.0 Å². The van der Waals surface area contributed by atoms with Crippen molar-refractivity contribution < 1.29 is 9.59 Å². The van der Waals surface area contributed by atoms with Gasteiger partial charge in [-0.2, -0.15) is 0 Å². The van der Waals surface area contributed by atoms with E-state index in [-0.39, 0.29) is 11.8 Å². The lowest BCUT2D eigenvalue weighted by Crippen LogP contribution is -2.53. The lowest BCUT2D eigenvalue weighted by atomic mass is 10.1. The van der Waals surface area contributed by atoms with Gasteiger partial charge in [0.15, 0.2) is 0 Å². The molecule has 7 heteroatoms. The lowest BCUT2D eigenvalue weighted by Gasteiger charge is -2.36. The molecule has 1 saturated heterocycles. The fourth-order valence-electron chi connectivity index (χ4n) is 2.79. The minimum absolute atomic E-state index is 0.0366. The largest absolute Gasteiger partial charge is 0.352 e. The Bertz CT molecular complexity index is 459. The molecule has 3 rings (SSSR count). The number of carbonyl (C=O) groups is 2. The molecule has 0 aromatic rings. The number of nitrogens with one attached hydrogen (secondary N) is 1. The zero-order valence-corrected chi connectivity index (χ0v) is 13.7. The molecular formula is C14H21Cl2N3O2. The van der Waals surface area contributed by atoms with Crippen molar-refractivity contribution in [2.75, 3.05) is 32.7 Å². The number of alkyl halides is 2. The van der Waals surface area contributed by atoms with E-state index in [4.69, 9.17) is 23.2 Å². The van der Waals surface area contributed by atoms with E-state index in [0.717, 1.165) is 25.9 Å². The Kier molecular flexibility index (Phi) is 3.87. The van der Waals surface area contributed by atoms with E-state index in [2.05, 4.69) is 10.2 Å². The van der Waals surface area contributed by atoms with Crippen LogP contribution in [-0.2, 0) is 9.59 Å².